The van der Waals surface area contributed by atoms with Crippen LogP contribution in [0.3, 0.4) is 0 Å². The van der Waals surface area contributed by atoms with Gasteiger partial charge in [-0.3, -0.25) is 9.59 Å². The van der Waals surface area contributed by atoms with Crippen molar-refractivity contribution in [3.8, 4) is 11.5 Å². The average Bonchev–Trinajstić information content (AvgIpc) is 2.96. The molecule has 1 aliphatic rings. The molecule has 1 atom stereocenters. The number of hydrogen-bond donors (Lipinski definition) is 2. The predicted molar refractivity (Wildman–Crippen MR) is 109 cm³/mol. The van der Waals surface area contributed by atoms with Crippen LogP contribution in [0.4, 0.5) is 0 Å². The number of ether oxygens (including phenoxy) is 1. The molecule has 29 heavy (non-hydrogen) atoms. The SMILES string of the molecule is COc1ccc(/C(O)=C2/C(=O)C(=O)N(CCN(C)C)C2c2cccc(O)c2)cc1. The van der Waals surface area contributed by atoms with Crippen LogP contribution >= 0.6 is 0 Å². The maximum Gasteiger partial charge on any atom is 0.295 e. The standard InChI is InChI=1S/C22H24N2O5/c1-23(2)11-12-24-19(15-5-4-6-16(25)13-15)18(21(27)22(24)28)20(26)14-7-9-17(29-3)10-8-14/h4-10,13,19,25-26H,11-12H2,1-3H3/b20-18-. The minimum Gasteiger partial charge on any atom is -0.508 e. The van der Waals surface area contributed by atoms with Crippen LogP contribution in [0.15, 0.2) is 54.1 Å². The van der Waals surface area contributed by atoms with Crippen molar-refractivity contribution in [1.82, 2.24) is 9.80 Å². The molecule has 0 saturated carbocycles. The van der Waals surface area contributed by atoms with Gasteiger partial charge in [0.1, 0.15) is 17.3 Å². The molecule has 7 heteroatoms. The molecule has 2 aromatic rings. The second-order valence-electron chi connectivity index (χ2n) is 7.12. The van der Waals surface area contributed by atoms with Crippen LogP contribution in [-0.4, -0.2) is 66.0 Å². The first-order valence-electron chi connectivity index (χ1n) is 9.20. The first-order valence-corrected chi connectivity index (χ1v) is 9.20. The number of aliphatic hydroxyl groups excluding tert-OH is 1. The largest absolute Gasteiger partial charge is 0.508 e. The summed E-state index contributed by atoms with van der Waals surface area (Å²) < 4.78 is 5.13. The zero-order chi connectivity index (χ0) is 21.1. The van der Waals surface area contributed by atoms with E-state index in [-0.39, 0.29) is 17.1 Å². The number of amides is 1. The summed E-state index contributed by atoms with van der Waals surface area (Å²) in [6.07, 6.45) is 0. The first kappa shape index (κ1) is 20.4. The maximum atomic E-state index is 12.9. The van der Waals surface area contributed by atoms with Crippen LogP contribution in [0.5, 0.6) is 11.5 Å². The van der Waals surface area contributed by atoms with Gasteiger partial charge in [-0.1, -0.05) is 12.1 Å². The van der Waals surface area contributed by atoms with E-state index in [0.717, 1.165) is 0 Å². The Labute approximate surface area is 169 Å². The van der Waals surface area contributed by atoms with Crippen LogP contribution in [0.25, 0.3) is 5.76 Å². The van der Waals surface area contributed by atoms with E-state index >= 15 is 0 Å². The van der Waals surface area contributed by atoms with E-state index in [1.165, 1.54) is 24.1 Å². The molecule has 7 nitrogen and oxygen atoms in total. The second kappa shape index (κ2) is 8.36. The number of aliphatic hydroxyl groups is 1. The Morgan fingerprint density at radius 3 is 2.41 bits per heavy atom. The highest BCUT2D eigenvalue weighted by Gasteiger charge is 2.45. The van der Waals surface area contributed by atoms with E-state index in [2.05, 4.69) is 0 Å². The lowest BCUT2D eigenvalue weighted by Crippen LogP contribution is -2.35. The zero-order valence-electron chi connectivity index (χ0n) is 16.6. The fourth-order valence-electron chi connectivity index (χ4n) is 3.36. The van der Waals surface area contributed by atoms with Gasteiger partial charge in [-0.2, -0.15) is 0 Å². The number of benzene rings is 2. The molecule has 2 N–H and O–H groups in total. The molecular formula is C22H24N2O5. The molecule has 1 fully saturated rings. The number of carbonyl (C=O) groups excluding carboxylic acids is 2. The van der Waals surface area contributed by atoms with Gasteiger partial charge in [0.05, 0.1) is 18.7 Å². The Hall–Kier alpha value is -3.32. The van der Waals surface area contributed by atoms with Gasteiger partial charge in [-0.25, -0.2) is 0 Å². The fourth-order valence-corrected chi connectivity index (χ4v) is 3.36. The molecule has 0 spiro atoms. The van der Waals surface area contributed by atoms with Gasteiger partial charge in [0, 0.05) is 18.7 Å². The Morgan fingerprint density at radius 1 is 1.14 bits per heavy atom. The molecule has 1 unspecified atom stereocenters. The molecular weight excluding hydrogens is 372 g/mol. The van der Waals surface area contributed by atoms with Crippen molar-refractivity contribution in [2.75, 3.05) is 34.3 Å². The normalized spacial score (nSPS) is 18.5. The summed E-state index contributed by atoms with van der Waals surface area (Å²) in [5, 5.41) is 20.9. The number of ketones is 1. The summed E-state index contributed by atoms with van der Waals surface area (Å²) in [4.78, 5) is 29.0. The van der Waals surface area contributed by atoms with E-state index in [1.807, 2.05) is 19.0 Å². The maximum absolute atomic E-state index is 12.9. The third-order valence-corrected chi connectivity index (χ3v) is 4.88. The van der Waals surface area contributed by atoms with Gasteiger partial charge in [-0.05, 0) is 56.1 Å². The van der Waals surface area contributed by atoms with Crippen LogP contribution in [0.1, 0.15) is 17.2 Å². The minimum absolute atomic E-state index is 0.00419. The quantitative estimate of drug-likeness (QED) is 0.443. The van der Waals surface area contributed by atoms with Gasteiger partial charge in [0.2, 0.25) is 0 Å². The monoisotopic (exact) mass is 396 g/mol. The Kier molecular flexibility index (Phi) is 5.89. The number of rotatable bonds is 6. The third kappa shape index (κ3) is 4.09. The molecule has 1 saturated heterocycles. The zero-order valence-corrected chi connectivity index (χ0v) is 16.6. The Balaban J connectivity index is 2.13. The average molecular weight is 396 g/mol. The molecule has 2 aromatic carbocycles. The molecule has 3 rings (SSSR count). The van der Waals surface area contributed by atoms with E-state index < -0.39 is 17.7 Å². The molecule has 1 amide bonds. The number of hydrogen-bond acceptors (Lipinski definition) is 6. The summed E-state index contributed by atoms with van der Waals surface area (Å²) in [7, 11) is 5.28. The highest BCUT2D eigenvalue weighted by atomic mass is 16.5. The number of phenolic OH excluding ortho intramolecular Hbond substituents is 1. The Morgan fingerprint density at radius 2 is 1.83 bits per heavy atom. The molecule has 0 bridgehead atoms. The lowest BCUT2D eigenvalue weighted by molar-refractivity contribution is -0.140. The van der Waals surface area contributed by atoms with Crippen LogP contribution < -0.4 is 4.74 Å². The summed E-state index contributed by atoms with van der Waals surface area (Å²) in [6.45, 7) is 0.849. The lowest BCUT2D eigenvalue weighted by atomic mass is 9.95. The molecule has 1 aliphatic heterocycles. The smallest absolute Gasteiger partial charge is 0.295 e. The highest BCUT2D eigenvalue weighted by Crippen LogP contribution is 2.40. The summed E-state index contributed by atoms with van der Waals surface area (Å²) in [6, 6.07) is 12.2. The van der Waals surface area contributed by atoms with E-state index in [4.69, 9.17) is 4.74 Å². The van der Waals surface area contributed by atoms with Gasteiger partial charge in [0.25, 0.3) is 11.7 Å². The van der Waals surface area contributed by atoms with Crippen molar-refractivity contribution in [3.63, 3.8) is 0 Å². The van der Waals surface area contributed by atoms with Crippen LogP contribution in [-0.2, 0) is 9.59 Å². The van der Waals surface area contributed by atoms with E-state index in [1.54, 1.807) is 36.4 Å². The summed E-state index contributed by atoms with van der Waals surface area (Å²) in [5.74, 6) is -1.05. The number of likely N-dealkylation sites (N-methyl/N-ethyl adjacent to an activating group) is 1. The van der Waals surface area contributed by atoms with Crippen molar-refractivity contribution in [1.29, 1.82) is 0 Å². The van der Waals surface area contributed by atoms with Crippen molar-refractivity contribution >= 4 is 17.4 Å². The van der Waals surface area contributed by atoms with E-state index in [9.17, 15) is 19.8 Å². The number of nitrogens with zero attached hydrogens (tertiary/aromatic N) is 2. The highest BCUT2D eigenvalue weighted by molar-refractivity contribution is 6.46. The van der Waals surface area contributed by atoms with Crippen molar-refractivity contribution in [2.45, 2.75) is 6.04 Å². The number of Topliss-reactive ketones (excluding diaryl/α,β-unsaturated/α-hetero) is 1. The van der Waals surface area contributed by atoms with Gasteiger partial charge in [0.15, 0.2) is 0 Å². The summed E-state index contributed by atoms with van der Waals surface area (Å²) in [5.41, 5.74) is 0.962. The topological polar surface area (TPSA) is 90.3 Å². The second-order valence-corrected chi connectivity index (χ2v) is 7.12. The number of phenols is 1. The van der Waals surface area contributed by atoms with Gasteiger partial charge >= 0.3 is 0 Å². The molecule has 0 aromatic heterocycles. The fraction of sp³-hybridized carbons (Fsp3) is 0.273. The summed E-state index contributed by atoms with van der Waals surface area (Å²) >= 11 is 0. The van der Waals surface area contributed by atoms with Gasteiger partial charge in [-0.15, -0.1) is 0 Å². The van der Waals surface area contributed by atoms with Gasteiger partial charge < -0.3 is 24.7 Å². The molecule has 152 valence electrons. The van der Waals surface area contributed by atoms with Crippen LogP contribution in [0, 0.1) is 0 Å². The van der Waals surface area contributed by atoms with Crippen LogP contribution in [0.2, 0.25) is 0 Å². The number of carbonyl (C=O) groups is 2. The molecule has 1 heterocycles. The predicted octanol–water partition coefficient (Wildman–Crippen LogP) is 2.38. The molecule has 0 aliphatic carbocycles. The van der Waals surface area contributed by atoms with Crippen molar-refractivity contribution < 1.29 is 24.5 Å². The number of aromatic hydroxyl groups is 1. The first-order chi connectivity index (χ1) is 13.8. The Bertz CT molecular complexity index is 950. The number of methoxy groups -OCH3 is 1. The number of likely N-dealkylation sites (tertiary alicyclic amines) is 1. The van der Waals surface area contributed by atoms with Crippen molar-refractivity contribution in [3.05, 3.63) is 65.2 Å². The van der Waals surface area contributed by atoms with Crippen molar-refractivity contribution in [2.24, 2.45) is 0 Å². The molecule has 0 radical (unpaired) electrons. The minimum atomic E-state index is -0.788. The lowest BCUT2D eigenvalue weighted by Gasteiger charge is -2.26. The van der Waals surface area contributed by atoms with E-state index in [0.29, 0.717) is 30.0 Å². The third-order valence-electron chi connectivity index (χ3n) is 4.88.